The number of ketones is 1. The molecule has 0 saturated heterocycles. The molecule has 0 spiro atoms. The number of benzene rings is 2. The number of H-pyrrole nitrogens is 1. The Morgan fingerprint density at radius 3 is 2.44 bits per heavy atom. The Hall–Kier alpha value is -4.67. The quantitative estimate of drug-likeness (QED) is 0.227. The van der Waals surface area contributed by atoms with Crippen LogP contribution in [0, 0.1) is 0 Å². The molecule has 9 nitrogen and oxygen atoms in total. The highest BCUT2D eigenvalue weighted by Crippen LogP contribution is 2.30. The summed E-state index contributed by atoms with van der Waals surface area (Å²) in [6.45, 7) is 0. The maximum atomic E-state index is 13.5. The summed E-state index contributed by atoms with van der Waals surface area (Å²) in [4.78, 5) is 36.5. The van der Waals surface area contributed by atoms with Gasteiger partial charge in [-0.05, 0) is 48.0 Å². The van der Waals surface area contributed by atoms with Crippen LogP contribution in [0.3, 0.4) is 0 Å². The molecule has 5 aromatic rings. The van der Waals surface area contributed by atoms with Crippen LogP contribution in [0.2, 0.25) is 0 Å². The van der Waals surface area contributed by atoms with Crippen LogP contribution in [0.25, 0.3) is 22.2 Å². The van der Waals surface area contributed by atoms with E-state index in [0.717, 1.165) is 5.56 Å². The minimum absolute atomic E-state index is 0.289. The van der Waals surface area contributed by atoms with Gasteiger partial charge in [-0.3, -0.25) is 19.1 Å². The predicted octanol–water partition coefficient (Wildman–Crippen LogP) is 4.23. The van der Waals surface area contributed by atoms with Gasteiger partial charge in [-0.2, -0.15) is 0 Å². The highest BCUT2D eigenvalue weighted by atomic mass is 32.2. The van der Waals surface area contributed by atoms with Crippen molar-refractivity contribution >= 4 is 45.4 Å². The number of rotatable bonds is 7. The number of nitrogens with one attached hydrogen (secondary N) is 1. The van der Waals surface area contributed by atoms with Crippen LogP contribution < -0.4 is 10.0 Å². The summed E-state index contributed by atoms with van der Waals surface area (Å²) in [5, 5.41) is 0.599. The zero-order valence-electron chi connectivity index (χ0n) is 18.7. The third-order valence-corrected chi connectivity index (χ3v) is 6.37. The molecule has 0 saturated carbocycles. The van der Waals surface area contributed by atoms with Gasteiger partial charge in [0, 0.05) is 46.2 Å². The van der Waals surface area contributed by atoms with Gasteiger partial charge in [0.15, 0.2) is 5.78 Å². The van der Waals surface area contributed by atoms with Gasteiger partial charge >= 0.3 is 0 Å². The molecule has 1 unspecified atom stereocenters. The van der Waals surface area contributed by atoms with Crippen molar-refractivity contribution in [2.24, 2.45) is 5.73 Å². The number of pyridine rings is 2. The largest absolute Gasteiger partial charge is 0.366 e. The Bertz CT molecular complexity index is 1630. The lowest BCUT2D eigenvalue weighted by Gasteiger charge is -2.20. The summed E-state index contributed by atoms with van der Waals surface area (Å²) < 4.78 is 23.2. The van der Waals surface area contributed by atoms with Gasteiger partial charge in [0.05, 0.1) is 17.6 Å². The molecule has 0 bridgehead atoms. The fourth-order valence-electron chi connectivity index (χ4n) is 3.93. The first kappa shape index (κ1) is 23.1. The molecule has 1 atom stereocenters. The molecule has 10 heteroatoms. The molecule has 0 aliphatic carbocycles. The molecule has 0 radical (unpaired) electrons. The van der Waals surface area contributed by atoms with Crippen LogP contribution in [0.5, 0.6) is 0 Å². The van der Waals surface area contributed by atoms with Gasteiger partial charge in [0.1, 0.15) is 5.65 Å². The van der Waals surface area contributed by atoms with Gasteiger partial charge in [-0.25, -0.2) is 13.5 Å². The minimum Gasteiger partial charge on any atom is -0.366 e. The van der Waals surface area contributed by atoms with Gasteiger partial charge in [-0.1, -0.05) is 24.3 Å². The smallest absolute Gasteiger partial charge is 0.266 e. The lowest BCUT2D eigenvalue weighted by molar-refractivity contribution is 0.0998. The van der Waals surface area contributed by atoms with Gasteiger partial charge in [0.2, 0.25) is 5.91 Å². The third kappa shape index (κ3) is 4.38. The average Bonchev–Trinajstić information content (AvgIpc) is 3.32. The van der Waals surface area contributed by atoms with Crippen molar-refractivity contribution in [2.45, 2.75) is 0 Å². The number of nitrogens with zero attached hydrogens (tertiary/aromatic N) is 3. The number of primary amides is 1. The number of carbonyl (C=O) groups excluding carboxylic acids is 2. The number of anilines is 2. The maximum absolute atomic E-state index is 13.5. The zero-order valence-corrected chi connectivity index (χ0v) is 19.5. The number of carbonyl (C=O) groups is 2. The Labute approximate surface area is 208 Å². The fourth-order valence-corrected chi connectivity index (χ4v) is 4.52. The topological polar surface area (TPSA) is 142 Å². The average molecular weight is 498 g/mol. The van der Waals surface area contributed by atoms with E-state index >= 15 is 0 Å². The molecule has 36 heavy (non-hydrogen) atoms. The third-order valence-electron chi connectivity index (χ3n) is 5.64. The lowest BCUT2D eigenvalue weighted by atomic mass is 10.00. The van der Waals surface area contributed by atoms with Gasteiger partial charge in [0.25, 0.3) is 11.3 Å². The number of aromatic nitrogens is 3. The fraction of sp³-hybridized carbons (Fsp3) is 0. The van der Waals surface area contributed by atoms with Crippen molar-refractivity contribution in [3.05, 3.63) is 108 Å². The molecule has 2 aromatic carbocycles. The van der Waals surface area contributed by atoms with Crippen LogP contribution in [-0.4, -0.2) is 35.4 Å². The molecule has 1 amide bonds. The van der Waals surface area contributed by atoms with E-state index in [-0.39, 0.29) is 5.78 Å². The second-order valence-corrected chi connectivity index (χ2v) is 8.71. The van der Waals surface area contributed by atoms with Crippen molar-refractivity contribution in [2.75, 3.05) is 4.31 Å². The van der Waals surface area contributed by atoms with Crippen molar-refractivity contribution in [3.8, 4) is 11.1 Å². The Balaban J connectivity index is 1.54. The number of aromatic amines is 1. The van der Waals surface area contributed by atoms with Crippen LogP contribution in [0.1, 0.15) is 26.3 Å². The van der Waals surface area contributed by atoms with Gasteiger partial charge < -0.3 is 10.7 Å². The number of nitrogens with two attached hydrogens (primary N) is 1. The normalized spacial score (nSPS) is 11.8. The molecule has 3 heterocycles. The molecule has 3 aromatic heterocycles. The molecular weight excluding hydrogens is 478 g/mol. The van der Waals surface area contributed by atoms with Crippen molar-refractivity contribution < 1.29 is 18.4 Å². The lowest BCUT2D eigenvalue weighted by Crippen LogP contribution is -2.19. The standard InChI is InChI=1S/C26H19N5O4S/c27-25(33)18-6-1-4-16(10-18)19-12-22-23(15-30-26(22)29-13-19)24(32)17-5-2-7-20(11-17)31(36(34)35)21-8-3-9-28-14-21/h1-15H,(H2,27,33)(H,29,30)(H,34,35). The van der Waals surface area contributed by atoms with Crippen LogP contribution in [0.15, 0.2) is 91.5 Å². The molecule has 0 fully saturated rings. The Morgan fingerprint density at radius 1 is 0.917 bits per heavy atom. The molecule has 0 aliphatic rings. The number of hydrogen-bond donors (Lipinski definition) is 3. The van der Waals surface area contributed by atoms with Crippen molar-refractivity contribution in [1.29, 1.82) is 0 Å². The van der Waals surface area contributed by atoms with E-state index in [9.17, 15) is 18.4 Å². The molecular formula is C26H19N5O4S. The van der Waals surface area contributed by atoms with E-state index in [1.165, 1.54) is 10.5 Å². The minimum atomic E-state index is -2.38. The summed E-state index contributed by atoms with van der Waals surface area (Å²) in [5.41, 5.74) is 9.23. The first-order chi connectivity index (χ1) is 17.4. The summed E-state index contributed by atoms with van der Waals surface area (Å²) in [5.74, 6) is -0.824. The number of fused-ring (bicyclic) bond motifs is 1. The zero-order chi connectivity index (χ0) is 25.2. The number of hydrogen-bond acceptors (Lipinski definition) is 5. The van der Waals surface area contributed by atoms with E-state index in [0.29, 0.717) is 44.7 Å². The molecule has 178 valence electrons. The van der Waals surface area contributed by atoms with Gasteiger partial charge in [-0.15, -0.1) is 0 Å². The van der Waals surface area contributed by atoms with Crippen LogP contribution >= 0.6 is 0 Å². The summed E-state index contributed by atoms with van der Waals surface area (Å²) in [6, 6.07) is 18.5. The molecule has 5 rings (SSSR count). The second kappa shape index (κ2) is 9.53. The molecule has 4 N–H and O–H groups in total. The van der Waals surface area contributed by atoms with E-state index in [1.54, 1.807) is 73.2 Å². The van der Waals surface area contributed by atoms with Crippen molar-refractivity contribution in [1.82, 2.24) is 15.0 Å². The Morgan fingerprint density at radius 2 is 1.69 bits per heavy atom. The highest BCUT2D eigenvalue weighted by molar-refractivity contribution is 7.81. The molecule has 0 aliphatic heterocycles. The summed E-state index contributed by atoms with van der Waals surface area (Å²) in [6.07, 6.45) is 6.25. The first-order valence-corrected chi connectivity index (χ1v) is 11.8. The Kier molecular flexibility index (Phi) is 6.11. The predicted molar refractivity (Wildman–Crippen MR) is 137 cm³/mol. The van der Waals surface area contributed by atoms with E-state index in [4.69, 9.17) is 5.73 Å². The first-order valence-electron chi connectivity index (χ1n) is 10.8. The monoisotopic (exact) mass is 497 g/mol. The second-order valence-electron chi connectivity index (χ2n) is 7.88. The van der Waals surface area contributed by atoms with E-state index < -0.39 is 17.2 Å². The summed E-state index contributed by atoms with van der Waals surface area (Å²) >= 11 is -2.38. The van der Waals surface area contributed by atoms with Crippen LogP contribution in [0.4, 0.5) is 11.4 Å². The number of amides is 1. The summed E-state index contributed by atoms with van der Waals surface area (Å²) in [7, 11) is 0. The van der Waals surface area contributed by atoms with E-state index in [2.05, 4.69) is 15.0 Å². The van der Waals surface area contributed by atoms with E-state index in [1.807, 2.05) is 12.1 Å². The van der Waals surface area contributed by atoms with Crippen molar-refractivity contribution in [3.63, 3.8) is 0 Å². The maximum Gasteiger partial charge on any atom is 0.266 e. The SMILES string of the molecule is NC(=O)c1cccc(-c2cnc3[nH]cc(C(=O)c4cccc(N(c5cccnc5)S(=O)O)c4)c3c2)c1. The van der Waals surface area contributed by atoms with Crippen LogP contribution in [-0.2, 0) is 11.3 Å². The highest BCUT2D eigenvalue weighted by Gasteiger charge is 2.20.